The van der Waals surface area contributed by atoms with Crippen molar-refractivity contribution >= 4 is 11.4 Å². The molecule has 20 heavy (non-hydrogen) atoms. The molecule has 0 fully saturated rings. The van der Waals surface area contributed by atoms with Crippen LogP contribution in [-0.2, 0) is 6.54 Å². The first-order valence-corrected chi connectivity index (χ1v) is 5.84. The van der Waals surface area contributed by atoms with Crippen LogP contribution in [0.4, 0.5) is 20.2 Å². The van der Waals surface area contributed by atoms with Crippen molar-refractivity contribution in [3.63, 3.8) is 0 Å². The lowest BCUT2D eigenvalue weighted by Crippen LogP contribution is -2.10. The number of imidazole rings is 1. The Kier molecular flexibility index (Phi) is 4.24. The van der Waals surface area contributed by atoms with E-state index >= 15 is 0 Å². The van der Waals surface area contributed by atoms with Gasteiger partial charge >= 0.3 is 0 Å². The zero-order valence-electron chi connectivity index (χ0n) is 10.4. The molecule has 1 N–H and O–H groups in total. The van der Waals surface area contributed by atoms with Gasteiger partial charge < -0.3 is 9.88 Å². The first-order chi connectivity index (χ1) is 9.58. The Hall–Kier alpha value is -2.51. The molecular weight excluding hydrogens is 270 g/mol. The molecule has 0 radical (unpaired) electrons. The number of nitrogens with one attached hydrogen (secondary N) is 1. The molecule has 1 heterocycles. The fraction of sp³-hybridized carbons (Fsp3) is 0.250. The van der Waals surface area contributed by atoms with Gasteiger partial charge in [0.25, 0.3) is 12.1 Å². The minimum absolute atomic E-state index is 0.200. The molecule has 0 bridgehead atoms. The summed E-state index contributed by atoms with van der Waals surface area (Å²) >= 11 is 0. The van der Waals surface area contributed by atoms with Gasteiger partial charge in [-0.3, -0.25) is 10.1 Å². The summed E-state index contributed by atoms with van der Waals surface area (Å²) in [6.45, 7) is 0.966. The second kappa shape index (κ2) is 6.09. The number of aromatic nitrogens is 2. The van der Waals surface area contributed by atoms with Crippen LogP contribution in [0.1, 0.15) is 12.0 Å². The molecule has 0 atom stereocenters. The predicted octanol–water partition coefficient (Wildman–Crippen LogP) is 2.84. The van der Waals surface area contributed by atoms with Crippen molar-refractivity contribution < 1.29 is 13.7 Å². The van der Waals surface area contributed by atoms with E-state index in [0.717, 1.165) is 6.07 Å². The van der Waals surface area contributed by atoms with Crippen LogP contribution in [0.5, 0.6) is 0 Å². The van der Waals surface area contributed by atoms with Gasteiger partial charge in [-0.15, -0.1) is 0 Å². The third-order valence-corrected chi connectivity index (χ3v) is 2.73. The summed E-state index contributed by atoms with van der Waals surface area (Å²) in [6, 6.07) is 3.39. The van der Waals surface area contributed by atoms with Crippen molar-refractivity contribution in [1.29, 1.82) is 0 Å². The Morgan fingerprint density at radius 1 is 1.45 bits per heavy atom. The van der Waals surface area contributed by atoms with Crippen LogP contribution in [0.3, 0.4) is 0 Å². The molecule has 0 aliphatic heterocycles. The number of benzene rings is 1. The van der Waals surface area contributed by atoms with Crippen molar-refractivity contribution in [3.8, 4) is 0 Å². The molecule has 0 aliphatic rings. The Morgan fingerprint density at radius 2 is 2.25 bits per heavy atom. The maximum absolute atomic E-state index is 12.9. The van der Waals surface area contributed by atoms with E-state index in [1.54, 1.807) is 23.3 Å². The topological polar surface area (TPSA) is 73.0 Å². The lowest BCUT2D eigenvalue weighted by atomic mass is 10.1. The first kappa shape index (κ1) is 13.9. The van der Waals surface area contributed by atoms with Crippen LogP contribution >= 0.6 is 0 Å². The van der Waals surface area contributed by atoms with E-state index < -0.39 is 11.3 Å². The standard InChI is InChI=1S/C12H12F2N4O2/c13-12(14)10-7-9(18(19)20)1-2-11(10)16-4-6-17-5-3-15-8-17/h1-3,5,7-8,12,16H,4,6H2. The molecule has 0 saturated heterocycles. The molecule has 1 aromatic heterocycles. The van der Waals surface area contributed by atoms with Gasteiger partial charge in [0.1, 0.15) is 0 Å². The SMILES string of the molecule is O=[N+]([O-])c1ccc(NCCn2ccnc2)c(C(F)F)c1. The third-order valence-electron chi connectivity index (χ3n) is 2.73. The van der Waals surface area contributed by atoms with Crippen LogP contribution in [0, 0.1) is 10.1 Å². The second-order valence-corrected chi connectivity index (χ2v) is 4.06. The number of hydrogen-bond donors (Lipinski definition) is 1. The van der Waals surface area contributed by atoms with Crippen molar-refractivity contribution in [2.75, 3.05) is 11.9 Å². The van der Waals surface area contributed by atoms with Gasteiger partial charge in [0, 0.05) is 48.9 Å². The minimum atomic E-state index is -2.77. The Labute approximate surface area is 113 Å². The highest BCUT2D eigenvalue weighted by atomic mass is 19.3. The van der Waals surface area contributed by atoms with Gasteiger partial charge in [0.2, 0.25) is 0 Å². The van der Waals surface area contributed by atoms with E-state index in [-0.39, 0.29) is 16.9 Å². The quantitative estimate of drug-likeness (QED) is 0.653. The summed E-state index contributed by atoms with van der Waals surface area (Å²) in [5.74, 6) is 0. The molecule has 0 saturated carbocycles. The number of nitrogens with zero attached hydrogens (tertiary/aromatic N) is 3. The Bertz CT molecular complexity index is 587. The van der Waals surface area contributed by atoms with Crippen LogP contribution in [-0.4, -0.2) is 21.0 Å². The average Bonchev–Trinajstić information content (AvgIpc) is 2.91. The van der Waals surface area contributed by atoms with Crippen molar-refractivity contribution in [3.05, 3.63) is 52.6 Å². The summed E-state index contributed by atoms with van der Waals surface area (Å²) in [6.07, 6.45) is 2.22. The van der Waals surface area contributed by atoms with E-state index in [0.29, 0.717) is 13.1 Å². The predicted molar refractivity (Wildman–Crippen MR) is 68.8 cm³/mol. The lowest BCUT2D eigenvalue weighted by molar-refractivity contribution is -0.385. The monoisotopic (exact) mass is 282 g/mol. The normalized spacial score (nSPS) is 10.8. The molecule has 0 amide bonds. The highest BCUT2D eigenvalue weighted by Crippen LogP contribution is 2.30. The van der Waals surface area contributed by atoms with Gasteiger partial charge in [-0.2, -0.15) is 0 Å². The zero-order chi connectivity index (χ0) is 14.5. The molecule has 2 rings (SSSR count). The number of halogens is 2. The van der Waals surface area contributed by atoms with Crippen LogP contribution in [0.25, 0.3) is 0 Å². The number of nitro benzene ring substituents is 1. The van der Waals surface area contributed by atoms with Crippen molar-refractivity contribution in [2.24, 2.45) is 0 Å². The Morgan fingerprint density at radius 3 is 2.85 bits per heavy atom. The summed E-state index contributed by atoms with van der Waals surface area (Å²) in [5.41, 5.74) is -0.518. The second-order valence-electron chi connectivity index (χ2n) is 4.06. The summed E-state index contributed by atoms with van der Waals surface area (Å²) in [5, 5.41) is 13.4. The summed E-state index contributed by atoms with van der Waals surface area (Å²) in [7, 11) is 0. The molecule has 0 spiro atoms. The molecule has 6 nitrogen and oxygen atoms in total. The van der Waals surface area contributed by atoms with E-state index in [1.165, 1.54) is 12.1 Å². The number of anilines is 1. The fourth-order valence-corrected chi connectivity index (χ4v) is 1.74. The number of hydrogen-bond acceptors (Lipinski definition) is 4. The molecule has 8 heteroatoms. The average molecular weight is 282 g/mol. The summed E-state index contributed by atoms with van der Waals surface area (Å²) < 4.78 is 27.6. The van der Waals surface area contributed by atoms with Crippen LogP contribution in [0.2, 0.25) is 0 Å². The molecular formula is C12H12F2N4O2. The van der Waals surface area contributed by atoms with E-state index in [9.17, 15) is 18.9 Å². The molecule has 0 unspecified atom stereocenters. The minimum Gasteiger partial charge on any atom is -0.383 e. The van der Waals surface area contributed by atoms with Crippen LogP contribution < -0.4 is 5.32 Å². The smallest absolute Gasteiger partial charge is 0.270 e. The molecule has 0 aliphatic carbocycles. The van der Waals surface area contributed by atoms with Gasteiger partial charge in [0.05, 0.1) is 11.3 Å². The van der Waals surface area contributed by atoms with E-state index in [1.807, 2.05) is 0 Å². The number of alkyl halides is 2. The van der Waals surface area contributed by atoms with Gasteiger partial charge in [-0.05, 0) is 6.07 Å². The molecule has 106 valence electrons. The number of non-ortho nitro benzene ring substituents is 1. The highest BCUT2D eigenvalue weighted by Gasteiger charge is 2.17. The van der Waals surface area contributed by atoms with Crippen molar-refractivity contribution in [2.45, 2.75) is 13.0 Å². The van der Waals surface area contributed by atoms with Crippen molar-refractivity contribution in [1.82, 2.24) is 9.55 Å². The third kappa shape index (κ3) is 3.28. The fourth-order valence-electron chi connectivity index (χ4n) is 1.74. The van der Waals surface area contributed by atoms with E-state index in [2.05, 4.69) is 10.3 Å². The van der Waals surface area contributed by atoms with Gasteiger partial charge in [0.15, 0.2) is 0 Å². The number of nitro groups is 1. The zero-order valence-corrected chi connectivity index (χ0v) is 10.4. The first-order valence-electron chi connectivity index (χ1n) is 5.84. The lowest BCUT2D eigenvalue weighted by Gasteiger charge is -2.11. The Balaban J connectivity index is 2.08. The summed E-state index contributed by atoms with van der Waals surface area (Å²) in [4.78, 5) is 13.8. The van der Waals surface area contributed by atoms with Gasteiger partial charge in [-0.1, -0.05) is 0 Å². The highest BCUT2D eigenvalue weighted by molar-refractivity contribution is 5.56. The van der Waals surface area contributed by atoms with E-state index in [4.69, 9.17) is 0 Å². The maximum Gasteiger partial charge on any atom is 0.270 e. The largest absolute Gasteiger partial charge is 0.383 e. The van der Waals surface area contributed by atoms with Gasteiger partial charge in [-0.25, -0.2) is 13.8 Å². The van der Waals surface area contributed by atoms with Crippen LogP contribution in [0.15, 0.2) is 36.9 Å². The maximum atomic E-state index is 12.9. The molecule has 1 aromatic carbocycles. The molecule has 2 aromatic rings. The number of rotatable bonds is 6.